The van der Waals surface area contributed by atoms with Gasteiger partial charge in [-0.05, 0) is 19.8 Å². The second-order valence-corrected chi connectivity index (χ2v) is 7.44. The van der Waals surface area contributed by atoms with Crippen LogP contribution in [-0.4, -0.2) is 40.6 Å². The summed E-state index contributed by atoms with van der Waals surface area (Å²) in [5.74, 6) is 0.158. The molecule has 7 heteroatoms. The Bertz CT molecular complexity index is 866. The highest BCUT2D eigenvalue weighted by Crippen LogP contribution is 2.29. The van der Waals surface area contributed by atoms with Crippen molar-refractivity contribution in [2.45, 2.75) is 19.8 Å². The van der Waals surface area contributed by atoms with Gasteiger partial charge in [-0.1, -0.05) is 41.2 Å². The van der Waals surface area contributed by atoms with Gasteiger partial charge in [-0.25, -0.2) is 9.50 Å². The standard InChI is InChI=1S/C18H21N5OS/c1-12-5-7-13(8-6-12)15-11-23-17(20-15)25-18(21-23)22-9-3-4-14(10-22)16(24)19-2/h5-8,11,14H,3-4,9-10H2,1-2H3,(H,19,24)/t14-/m0/s1. The highest BCUT2D eigenvalue weighted by molar-refractivity contribution is 7.20. The summed E-state index contributed by atoms with van der Waals surface area (Å²) in [6.07, 6.45) is 3.92. The van der Waals surface area contributed by atoms with Crippen LogP contribution < -0.4 is 10.2 Å². The lowest BCUT2D eigenvalue weighted by molar-refractivity contribution is -0.124. The summed E-state index contributed by atoms with van der Waals surface area (Å²) in [7, 11) is 1.70. The van der Waals surface area contributed by atoms with E-state index in [0.29, 0.717) is 0 Å². The van der Waals surface area contributed by atoms with Crippen LogP contribution in [0.3, 0.4) is 0 Å². The molecule has 2 aromatic heterocycles. The molecule has 3 heterocycles. The van der Waals surface area contributed by atoms with Crippen molar-refractivity contribution in [1.82, 2.24) is 19.9 Å². The van der Waals surface area contributed by atoms with Crippen molar-refractivity contribution in [3.8, 4) is 11.3 Å². The smallest absolute Gasteiger partial charge is 0.224 e. The Morgan fingerprint density at radius 2 is 2.12 bits per heavy atom. The lowest BCUT2D eigenvalue weighted by Crippen LogP contribution is -2.42. The highest BCUT2D eigenvalue weighted by Gasteiger charge is 2.27. The fraction of sp³-hybridized carbons (Fsp3) is 0.389. The van der Waals surface area contributed by atoms with Crippen LogP contribution in [0.4, 0.5) is 5.13 Å². The maximum atomic E-state index is 11.9. The number of hydrogen-bond acceptors (Lipinski definition) is 5. The van der Waals surface area contributed by atoms with Crippen LogP contribution in [0.15, 0.2) is 30.5 Å². The highest BCUT2D eigenvalue weighted by atomic mass is 32.1. The summed E-state index contributed by atoms with van der Waals surface area (Å²) in [5.41, 5.74) is 3.27. The molecule has 1 fully saturated rings. The number of nitrogens with zero attached hydrogens (tertiary/aromatic N) is 4. The topological polar surface area (TPSA) is 62.5 Å². The molecule has 0 aliphatic carbocycles. The maximum absolute atomic E-state index is 11.9. The van der Waals surface area contributed by atoms with E-state index in [4.69, 9.17) is 4.98 Å². The van der Waals surface area contributed by atoms with E-state index in [1.807, 2.05) is 10.7 Å². The monoisotopic (exact) mass is 355 g/mol. The number of carbonyl (C=O) groups is 1. The first-order chi connectivity index (χ1) is 12.1. The summed E-state index contributed by atoms with van der Waals surface area (Å²) in [6.45, 7) is 3.74. The number of benzene rings is 1. The van der Waals surface area contributed by atoms with Crippen LogP contribution in [0.2, 0.25) is 0 Å². The number of aromatic nitrogens is 3. The van der Waals surface area contributed by atoms with E-state index in [9.17, 15) is 4.79 Å². The number of amides is 1. The lowest BCUT2D eigenvalue weighted by atomic mass is 9.98. The number of rotatable bonds is 3. The van der Waals surface area contributed by atoms with E-state index in [-0.39, 0.29) is 11.8 Å². The Morgan fingerprint density at radius 3 is 2.84 bits per heavy atom. The van der Waals surface area contributed by atoms with Crippen molar-refractivity contribution in [2.75, 3.05) is 25.0 Å². The molecular formula is C18H21N5OS. The second kappa shape index (κ2) is 6.48. The Balaban J connectivity index is 1.57. The Morgan fingerprint density at radius 1 is 1.32 bits per heavy atom. The van der Waals surface area contributed by atoms with Gasteiger partial charge in [0.2, 0.25) is 16.0 Å². The maximum Gasteiger partial charge on any atom is 0.224 e. The summed E-state index contributed by atoms with van der Waals surface area (Å²) in [6, 6.07) is 8.35. The molecule has 1 saturated heterocycles. The van der Waals surface area contributed by atoms with E-state index in [1.54, 1.807) is 18.4 Å². The van der Waals surface area contributed by atoms with Gasteiger partial charge in [0.15, 0.2) is 0 Å². The summed E-state index contributed by atoms with van der Waals surface area (Å²) in [5, 5.41) is 8.38. The number of carbonyl (C=O) groups excluding carboxylic acids is 1. The van der Waals surface area contributed by atoms with Gasteiger partial charge in [-0.2, -0.15) is 0 Å². The third kappa shape index (κ3) is 3.11. The summed E-state index contributed by atoms with van der Waals surface area (Å²) < 4.78 is 1.85. The molecule has 3 aromatic rings. The molecule has 0 bridgehead atoms. The van der Waals surface area contributed by atoms with Gasteiger partial charge in [-0.15, -0.1) is 5.10 Å². The van der Waals surface area contributed by atoms with Crippen molar-refractivity contribution >= 4 is 27.3 Å². The van der Waals surface area contributed by atoms with Crippen LogP contribution in [0, 0.1) is 12.8 Å². The Labute approximate surface area is 150 Å². The van der Waals surface area contributed by atoms with Crippen LogP contribution in [0.5, 0.6) is 0 Å². The van der Waals surface area contributed by atoms with E-state index < -0.39 is 0 Å². The largest absolute Gasteiger partial charge is 0.359 e. The first-order valence-corrected chi connectivity index (χ1v) is 9.35. The molecule has 0 spiro atoms. The third-order valence-electron chi connectivity index (χ3n) is 4.69. The lowest BCUT2D eigenvalue weighted by Gasteiger charge is -2.31. The number of imidazole rings is 1. The van der Waals surface area contributed by atoms with E-state index in [0.717, 1.165) is 47.3 Å². The molecule has 0 unspecified atom stereocenters. The number of piperidine rings is 1. The molecule has 6 nitrogen and oxygen atoms in total. The van der Waals surface area contributed by atoms with Crippen LogP contribution in [0.1, 0.15) is 18.4 Å². The number of aryl methyl sites for hydroxylation is 1. The molecule has 1 amide bonds. The van der Waals surface area contributed by atoms with Crippen LogP contribution >= 0.6 is 11.3 Å². The number of fused-ring (bicyclic) bond motifs is 1. The van der Waals surface area contributed by atoms with Gasteiger partial charge in [0.1, 0.15) is 0 Å². The normalized spacial score (nSPS) is 17.8. The number of hydrogen-bond donors (Lipinski definition) is 1. The van der Waals surface area contributed by atoms with Crippen molar-refractivity contribution in [3.63, 3.8) is 0 Å². The zero-order valence-electron chi connectivity index (χ0n) is 14.4. The predicted molar refractivity (Wildman–Crippen MR) is 100 cm³/mol. The van der Waals surface area contributed by atoms with Gasteiger partial charge >= 0.3 is 0 Å². The first-order valence-electron chi connectivity index (χ1n) is 8.54. The summed E-state index contributed by atoms with van der Waals surface area (Å²) in [4.78, 5) is 19.7. The molecule has 1 aliphatic rings. The molecule has 1 N–H and O–H groups in total. The number of nitrogens with one attached hydrogen (secondary N) is 1. The zero-order valence-corrected chi connectivity index (χ0v) is 15.2. The molecule has 25 heavy (non-hydrogen) atoms. The average molecular weight is 355 g/mol. The van der Waals surface area contributed by atoms with E-state index in [1.165, 1.54) is 5.56 Å². The fourth-order valence-corrected chi connectivity index (χ4v) is 4.17. The zero-order chi connectivity index (χ0) is 17.4. The van der Waals surface area contributed by atoms with Gasteiger partial charge in [-0.3, -0.25) is 4.79 Å². The molecule has 1 aromatic carbocycles. The predicted octanol–water partition coefficient (Wildman–Crippen LogP) is 2.73. The van der Waals surface area contributed by atoms with Crippen molar-refractivity contribution in [2.24, 2.45) is 5.92 Å². The molecular weight excluding hydrogens is 334 g/mol. The minimum Gasteiger partial charge on any atom is -0.359 e. The first kappa shape index (κ1) is 16.1. The van der Waals surface area contributed by atoms with Crippen molar-refractivity contribution in [3.05, 3.63) is 36.0 Å². The van der Waals surface area contributed by atoms with Crippen LogP contribution in [-0.2, 0) is 4.79 Å². The number of anilines is 1. The van der Waals surface area contributed by atoms with Crippen LogP contribution in [0.25, 0.3) is 16.2 Å². The third-order valence-corrected chi connectivity index (χ3v) is 5.67. The van der Waals surface area contributed by atoms with E-state index in [2.05, 4.69) is 46.5 Å². The van der Waals surface area contributed by atoms with Crippen molar-refractivity contribution in [1.29, 1.82) is 0 Å². The minimum atomic E-state index is 0.0399. The summed E-state index contributed by atoms with van der Waals surface area (Å²) >= 11 is 1.58. The van der Waals surface area contributed by atoms with Gasteiger partial charge in [0.05, 0.1) is 17.8 Å². The minimum absolute atomic E-state index is 0.0399. The molecule has 130 valence electrons. The second-order valence-electron chi connectivity index (χ2n) is 6.50. The van der Waals surface area contributed by atoms with Gasteiger partial charge in [0.25, 0.3) is 0 Å². The quantitative estimate of drug-likeness (QED) is 0.785. The Hall–Kier alpha value is -2.41. The molecule has 0 saturated carbocycles. The van der Waals surface area contributed by atoms with E-state index >= 15 is 0 Å². The average Bonchev–Trinajstić information content (AvgIpc) is 3.21. The van der Waals surface area contributed by atoms with Gasteiger partial charge in [0, 0.05) is 25.7 Å². The van der Waals surface area contributed by atoms with Crippen molar-refractivity contribution < 1.29 is 4.79 Å². The Kier molecular flexibility index (Phi) is 4.17. The SMILES string of the molecule is CNC(=O)[C@H]1CCCN(c2nn3cc(-c4ccc(C)cc4)nc3s2)C1. The molecule has 4 rings (SSSR count). The molecule has 0 radical (unpaired) electrons. The fourth-order valence-electron chi connectivity index (χ4n) is 3.25. The molecule has 1 atom stereocenters. The molecule has 1 aliphatic heterocycles. The van der Waals surface area contributed by atoms with Gasteiger partial charge < -0.3 is 10.2 Å².